The molecule has 0 aliphatic heterocycles. The zero-order chi connectivity index (χ0) is 15.1. The number of benzene rings is 1. The van der Waals surface area contributed by atoms with Crippen LogP contribution in [0, 0.1) is 10.1 Å². The van der Waals surface area contributed by atoms with E-state index >= 15 is 0 Å². The molecule has 0 heterocycles. The zero-order valence-corrected chi connectivity index (χ0v) is 11.7. The molecule has 0 spiro atoms. The Morgan fingerprint density at radius 2 is 2.00 bits per heavy atom. The highest BCUT2D eigenvalue weighted by Crippen LogP contribution is 2.17. The minimum atomic E-state index is -0.623. The van der Waals surface area contributed by atoms with E-state index < -0.39 is 16.9 Å². The van der Waals surface area contributed by atoms with Crippen molar-refractivity contribution in [1.29, 1.82) is 0 Å². The summed E-state index contributed by atoms with van der Waals surface area (Å²) < 4.78 is 4.78. The van der Waals surface area contributed by atoms with Gasteiger partial charge in [0.05, 0.1) is 17.3 Å². The van der Waals surface area contributed by atoms with Crippen molar-refractivity contribution in [2.24, 2.45) is 0 Å². The van der Waals surface area contributed by atoms with Crippen LogP contribution >= 0.6 is 11.8 Å². The van der Waals surface area contributed by atoms with Gasteiger partial charge in [-0.3, -0.25) is 14.9 Å². The highest BCUT2D eigenvalue weighted by Gasteiger charge is 2.20. The second-order valence-corrected chi connectivity index (χ2v) is 4.84. The first-order valence-electron chi connectivity index (χ1n) is 5.87. The summed E-state index contributed by atoms with van der Waals surface area (Å²) in [6, 6.07) is 4.68. The molecule has 0 saturated carbocycles. The van der Waals surface area contributed by atoms with E-state index in [1.807, 2.05) is 0 Å². The maximum absolute atomic E-state index is 11.8. The van der Waals surface area contributed by atoms with Crippen LogP contribution in [0.5, 0.6) is 0 Å². The normalized spacial score (nSPS) is 11.7. The van der Waals surface area contributed by atoms with Crippen molar-refractivity contribution in [2.45, 2.75) is 13.0 Å². The van der Waals surface area contributed by atoms with Crippen LogP contribution in [0.2, 0.25) is 0 Å². The molecule has 1 aromatic rings. The van der Waals surface area contributed by atoms with Crippen LogP contribution in [-0.2, 0) is 9.53 Å². The van der Waals surface area contributed by atoms with Crippen molar-refractivity contribution < 1.29 is 25.0 Å². The number of nitrogens with zero attached hydrogens (tertiary/aromatic N) is 1. The minimum absolute atomic E-state index is 0.0758. The number of hydrogen-bond donors (Lipinski definition) is 1. The van der Waals surface area contributed by atoms with E-state index in [1.54, 1.807) is 6.92 Å². The van der Waals surface area contributed by atoms with Crippen molar-refractivity contribution in [1.82, 2.24) is 0 Å². The summed E-state index contributed by atoms with van der Waals surface area (Å²) in [5.41, 5.74) is 3.89. The lowest BCUT2D eigenvalue weighted by atomic mass is 10.2. The Kier molecular flexibility index (Phi) is 6.13. The van der Waals surface area contributed by atoms with E-state index in [0.29, 0.717) is 5.56 Å². The molecule has 0 radical (unpaired) electrons. The third-order valence-electron chi connectivity index (χ3n) is 2.35. The first-order valence-corrected chi connectivity index (χ1v) is 6.85. The molecule has 1 rings (SSSR count). The van der Waals surface area contributed by atoms with E-state index in [9.17, 15) is 19.7 Å². The number of nitro benzene ring substituents is 1. The summed E-state index contributed by atoms with van der Waals surface area (Å²) >= 11 is 0.934. The average Bonchev–Trinajstić information content (AvgIpc) is 2.44. The number of esters is 1. The van der Waals surface area contributed by atoms with Crippen LogP contribution in [0.15, 0.2) is 24.3 Å². The lowest BCUT2D eigenvalue weighted by molar-refractivity contribution is -0.401. The number of rotatable bonds is 6. The van der Waals surface area contributed by atoms with Gasteiger partial charge in [-0.25, -0.2) is 4.79 Å². The molecule has 0 aromatic heterocycles. The van der Waals surface area contributed by atoms with Crippen LogP contribution in [0.1, 0.15) is 17.3 Å². The van der Waals surface area contributed by atoms with Gasteiger partial charge in [-0.2, -0.15) is 0 Å². The number of ether oxygens (including phenoxy) is 1. The van der Waals surface area contributed by atoms with Gasteiger partial charge in [-0.1, -0.05) is 11.8 Å². The van der Waals surface area contributed by atoms with E-state index in [-0.39, 0.29) is 23.2 Å². The van der Waals surface area contributed by atoms with Gasteiger partial charge in [-0.15, -0.1) is 0 Å². The highest BCUT2D eigenvalue weighted by atomic mass is 32.2. The monoisotopic (exact) mass is 299 g/mol. The molecule has 1 atom stereocenters. The predicted molar refractivity (Wildman–Crippen MR) is 73.2 cm³/mol. The maximum atomic E-state index is 11.8. The van der Waals surface area contributed by atoms with Gasteiger partial charge >= 0.3 is 5.97 Å². The fourth-order valence-corrected chi connectivity index (χ4v) is 2.10. The van der Waals surface area contributed by atoms with Gasteiger partial charge in [0, 0.05) is 17.7 Å². The molecular weight excluding hydrogens is 284 g/mol. The van der Waals surface area contributed by atoms with Crippen LogP contribution in [0.4, 0.5) is 5.69 Å². The maximum Gasteiger partial charge on any atom is 0.365 e. The van der Waals surface area contributed by atoms with E-state index in [4.69, 9.17) is 4.74 Å². The van der Waals surface area contributed by atoms with Gasteiger partial charge < -0.3 is 10.5 Å². The molecule has 108 valence electrons. The minimum Gasteiger partial charge on any atom is -0.462 e. The standard InChI is InChI=1S/C12H14N2O5S/c1-2-19-11(15)10(13)7-20-12(16)8-3-5-9(6-4-8)14(17)18/h3-6,10H,2,7,13H2,1H3/p+1. The number of carbonyl (C=O) groups is 2. The topological polar surface area (TPSA) is 114 Å². The first-order chi connectivity index (χ1) is 9.45. The van der Waals surface area contributed by atoms with Gasteiger partial charge in [0.25, 0.3) is 5.69 Å². The Balaban J connectivity index is 2.54. The lowest BCUT2D eigenvalue weighted by Crippen LogP contribution is -2.66. The van der Waals surface area contributed by atoms with Crippen molar-refractivity contribution in [3.05, 3.63) is 39.9 Å². The number of non-ortho nitro benzene ring substituents is 1. The summed E-state index contributed by atoms with van der Waals surface area (Å²) in [6.45, 7) is 1.96. The highest BCUT2D eigenvalue weighted by molar-refractivity contribution is 8.14. The number of hydrogen-bond acceptors (Lipinski definition) is 6. The van der Waals surface area contributed by atoms with Crippen LogP contribution < -0.4 is 5.73 Å². The molecule has 0 saturated heterocycles. The smallest absolute Gasteiger partial charge is 0.365 e. The van der Waals surface area contributed by atoms with Gasteiger partial charge in [-0.05, 0) is 19.1 Å². The molecule has 1 aromatic carbocycles. The van der Waals surface area contributed by atoms with Crippen molar-refractivity contribution >= 4 is 28.5 Å². The van der Waals surface area contributed by atoms with E-state index in [2.05, 4.69) is 5.73 Å². The van der Waals surface area contributed by atoms with Crippen molar-refractivity contribution in [2.75, 3.05) is 12.4 Å². The van der Waals surface area contributed by atoms with Crippen LogP contribution in [-0.4, -0.2) is 34.4 Å². The number of carbonyl (C=O) groups excluding carboxylic acids is 2. The molecule has 8 heteroatoms. The Labute approximate surface area is 119 Å². The molecule has 0 aliphatic carbocycles. The molecule has 0 bridgehead atoms. The molecule has 0 fully saturated rings. The summed E-state index contributed by atoms with van der Waals surface area (Å²) in [5.74, 6) is -0.245. The van der Waals surface area contributed by atoms with Crippen LogP contribution in [0.3, 0.4) is 0 Å². The molecule has 1 unspecified atom stereocenters. The number of quaternary nitrogens is 1. The molecule has 0 amide bonds. The van der Waals surface area contributed by atoms with Gasteiger partial charge in [0.15, 0.2) is 6.04 Å². The summed E-state index contributed by atoms with van der Waals surface area (Å²) in [5, 5.41) is 10.2. The van der Waals surface area contributed by atoms with Crippen molar-refractivity contribution in [3.63, 3.8) is 0 Å². The van der Waals surface area contributed by atoms with Gasteiger partial charge in [0.2, 0.25) is 5.12 Å². The number of nitro groups is 1. The first kappa shape index (κ1) is 16.1. The van der Waals surface area contributed by atoms with Crippen LogP contribution in [0.25, 0.3) is 0 Å². The van der Waals surface area contributed by atoms with E-state index in [1.165, 1.54) is 24.3 Å². The third kappa shape index (κ3) is 4.63. The SMILES string of the molecule is CCOC(=O)C([NH3+])CSC(=O)c1ccc([N+](=O)[O-])cc1. The Morgan fingerprint density at radius 1 is 1.40 bits per heavy atom. The quantitative estimate of drug-likeness (QED) is 0.468. The molecular formula is C12H15N2O5S+. The largest absolute Gasteiger partial charge is 0.462 e. The average molecular weight is 299 g/mol. The summed E-state index contributed by atoms with van der Waals surface area (Å²) in [4.78, 5) is 33.1. The fourth-order valence-electron chi connectivity index (χ4n) is 1.31. The van der Waals surface area contributed by atoms with E-state index in [0.717, 1.165) is 11.8 Å². The molecule has 3 N–H and O–H groups in total. The second kappa shape index (κ2) is 7.61. The summed E-state index contributed by atoms with van der Waals surface area (Å²) in [6.07, 6.45) is 0. The van der Waals surface area contributed by atoms with Gasteiger partial charge in [0.1, 0.15) is 0 Å². The Hall–Kier alpha value is -1.93. The number of thioether (sulfide) groups is 1. The molecule has 0 aliphatic rings. The van der Waals surface area contributed by atoms with Crippen molar-refractivity contribution in [3.8, 4) is 0 Å². The molecule has 7 nitrogen and oxygen atoms in total. The lowest BCUT2D eigenvalue weighted by Gasteiger charge is -2.06. The second-order valence-electron chi connectivity index (χ2n) is 3.85. The fraction of sp³-hybridized carbons (Fsp3) is 0.333. The predicted octanol–water partition coefficient (Wildman–Crippen LogP) is 0.642. The third-order valence-corrected chi connectivity index (χ3v) is 3.42. The zero-order valence-electron chi connectivity index (χ0n) is 10.9. The Bertz CT molecular complexity index is 503. The molecule has 20 heavy (non-hydrogen) atoms. The summed E-state index contributed by atoms with van der Waals surface area (Å²) in [7, 11) is 0. The Morgan fingerprint density at radius 3 is 2.50 bits per heavy atom.